The van der Waals surface area contributed by atoms with Gasteiger partial charge in [0.25, 0.3) is 0 Å². The van der Waals surface area contributed by atoms with E-state index in [9.17, 15) is 8.28 Å². The third-order valence-electron chi connectivity index (χ3n) is 1.40. The number of halogens is 2. The van der Waals surface area contributed by atoms with Crippen LogP contribution in [-0.2, 0) is 0 Å². The summed E-state index contributed by atoms with van der Waals surface area (Å²) in [5, 5.41) is 0. The van der Waals surface area contributed by atoms with E-state index in [1.165, 1.54) is 6.20 Å². The summed E-state index contributed by atoms with van der Waals surface area (Å²) in [4.78, 5) is 7.19. The van der Waals surface area contributed by atoms with Crippen LogP contribution in [0, 0.1) is 5.95 Å². The molecule has 0 saturated heterocycles. The molecule has 12 heavy (non-hydrogen) atoms. The highest BCUT2D eigenvalue weighted by atomic mass is 32.2. The molecule has 2 heterocycles. The molecule has 0 bridgehead atoms. The summed E-state index contributed by atoms with van der Waals surface area (Å²) < 4.78 is 25.7. The second-order valence-corrected chi connectivity index (χ2v) is 2.64. The van der Waals surface area contributed by atoms with Gasteiger partial charge in [-0.15, -0.1) is 3.89 Å². The van der Waals surface area contributed by atoms with Gasteiger partial charge in [0, 0.05) is 6.20 Å². The molecule has 0 radical (unpaired) electrons. The van der Waals surface area contributed by atoms with Crippen LogP contribution in [0.15, 0.2) is 18.5 Å². The molecule has 2 aromatic rings. The Kier molecular flexibility index (Phi) is 1.69. The molecular weight excluding hydrogens is 184 g/mol. The Hall–Kier alpha value is -1.17. The smallest absolute Gasteiger partial charge is 0.233 e. The first-order valence-electron chi connectivity index (χ1n) is 3.10. The standard InChI is InChI=1S/C6H3F2N3S/c7-5-3-9-4-1-2-11(12-8)6(4)10-5/h1-3H. The molecule has 0 atom stereocenters. The zero-order chi connectivity index (χ0) is 8.55. The maximum absolute atomic E-state index is 12.5. The first-order valence-corrected chi connectivity index (χ1v) is 3.77. The fourth-order valence-corrected chi connectivity index (χ4v) is 1.22. The molecule has 0 N–H and O–H groups in total. The third kappa shape index (κ3) is 1.04. The van der Waals surface area contributed by atoms with Crippen LogP contribution in [-0.4, -0.2) is 13.9 Å². The predicted molar refractivity (Wildman–Crippen MR) is 41.6 cm³/mol. The molecule has 0 saturated carbocycles. The second kappa shape index (κ2) is 2.71. The lowest BCUT2D eigenvalue weighted by molar-refractivity contribution is 0.582. The van der Waals surface area contributed by atoms with Gasteiger partial charge in [-0.05, 0) is 6.07 Å². The minimum Gasteiger partial charge on any atom is -0.248 e. The number of hydrogen-bond acceptors (Lipinski definition) is 3. The van der Waals surface area contributed by atoms with Crippen molar-refractivity contribution in [1.82, 2.24) is 13.9 Å². The van der Waals surface area contributed by atoms with Gasteiger partial charge in [-0.3, -0.25) is 0 Å². The number of aromatic nitrogens is 3. The highest BCUT2D eigenvalue weighted by molar-refractivity contribution is 7.92. The van der Waals surface area contributed by atoms with Gasteiger partial charge in [-0.2, -0.15) is 9.37 Å². The molecule has 0 spiro atoms. The Morgan fingerprint density at radius 1 is 1.50 bits per heavy atom. The quantitative estimate of drug-likeness (QED) is 0.683. The van der Waals surface area contributed by atoms with Gasteiger partial charge in [0.1, 0.15) is 5.52 Å². The van der Waals surface area contributed by atoms with Gasteiger partial charge in [-0.1, -0.05) is 0 Å². The predicted octanol–water partition coefficient (Wildman–Crippen LogP) is 1.95. The van der Waals surface area contributed by atoms with Crippen LogP contribution in [0.25, 0.3) is 11.2 Å². The Balaban J connectivity index is 2.75. The van der Waals surface area contributed by atoms with Crippen LogP contribution >= 0.6 is 12.3 Å². The maximum atomic E-state index is 12.5. The minimum absolute atomic E-state index is 0.0388. The highest BCUT2D eigenvalue weighted by Crippen LogP contribution is 2.17. The van der Waals surface area contributed by atoms with Crippen LogP contribution in [0.4, 0.5) is 8.28 Å². The molecule has 2 aromatic heterocycles. The van der Waals surface area contributed by atoms with Crippen molar-refractivity contribution in [3.63, 3.8) is 0 Å². The number of hydrogen-bond donors (Lipinski definition) is 0. The van der Waals surface area contributed by atoms with E-state index in [1.54, 1.807) is 6.07 Å². The molecule has 0 unspecified atom stereocenters. The molecule has 0 aliphatic carbocycles. The first-order chi connectivity index (χ1) is 5.81. The Morgan fingerprint density at radius 3 is 3.08 bits per heavy atom. The average Bonchev–Trinajstić information content (AvgIpc) is 2.46. The molecule has 62 valence electrons. The van der Waals surface area contributed by atoms with Crippen molar-refractivity contribution in [3.05, 3.63) is 24.4 Å². The van der Waals surface area contributed by atoms with E-state index >= 15 is 0 Å². The topological polar surface area (TPSA) is 30.7 Å². The summed E-state index contributed by atoms with van der Waals surface area (Å²) in [6.45, 7) is 0. The summed E-state index contributed by atoms with van der Waals surface area (Å²) in [6.07, 6.45) is 2.43. The summed E-state index contributed by atoms with van der Waals surface area (Å²) in [6, 6.07) is 1.56. The molecular formula is C6H3F2N3S. The summed E-state index contributed by atoms with van der Waals surface area (Å²) in [5.41, 5.74) is 0.670. The van der Waals surface area contributed by atoms with Crippen molar-refractivity contribution in [2.45, 2.75) is 0 Å². The van der Waals surface area contributed by atoms with E-state index in [0.717, 1.165) is 10.2 Å². The maximum Gasteiger partial charge on any atom is 0.233 e. The van der Waals surface area contributed by atoms with Crippen LogP contribution in [0.1, 0.15) is 0 Å². The lowest BCUT2D eigenvalue weighted by Gasteiger charge is -1.93. The lowest BCUT2D eigenvalue weighted by Crippen LogP contribution is -1.89. The van der Waals surface area contributed by atoms with Crippen LogP contribution < -0.4 is 0 Å². The number of rotatable bonds is 1. The normalized spacial score (nSPS) is 10.8. The van der Waals surface area contributed by atoms with Crippen LogP contribution in [0.3, 0.4) is 0 Å². The number of fused-ring (bicyclic) bond motifs is 1. The largest absolute Gasteiger partial charge is 0.248 e. The van der Waals surface area contributed by atoms with Crippen molar-refractivity contribution in [1.29, 1.82) is 0 Å². The highest BCUT2D eigenvalue weighted by Gasteiger charge is 2.04. The Morgan fingerprint density at radius 2 is 2.33 bits per heavy atom. The van der Waals surface area contributed by atoms with Gasteiger partial charge >= 0.3 is 0 Å². The summed E-state index contributed by atoms with van der Waals surface area (Å²) in [5.74, 6) is -0.712. The van der Waals surface area contributed by atoms with E-state index < -0.39 is 5.95 Å². The molecule has 0 fully saturated rings. The monoisotopic (exact) mass is 187 g/mol. The van der Waals surface area contributed by atoms with Gasteiger partial charge in [0.15, 0.2) is 18.0 Å². The second-order valence-electron chi connectivity index (χ2n) is 2.11. The van der Waals surface area contributed by atoms with Crippen molar-refractivity contribution in [3.8, 4) is 0 Å². The van der Waals surface area contributed by atoms with Gasteiger partial charge in [-0.25, -0.2) is 8.96 Å². The zero-order valence-electron chi connectivity index (χ0n) is 5.74. The lowest BCUT2D eigenvalue weighted by atomic mass is 10.5. The number of nitrogens with zero attached hydrogens (tertiary/aromatic N) is 3. The minimum atomic E-state index is -0.712. The van der Waals surface area contributed by atoms with Crippen LogP contribution in [0.5, 0.6) is 0 Å². The molecule has 6 heteroatoms. The van der Waals surface area contributed by atoms with Crippen LogP contribution in [0.2, 0.25) is 0 Å². The van der Waals surface area contributed by atoms with Crippen molar-refractivity contribution in [2.24, 2.45) is 0 Å². The fraction of sp³-hybridized carbons (Fsp3) is 0. The van der Waals surface area contributed by atoms with Gasteiger partial charge in [0.2, 0.25) is 5.95 Å². The molecule has 0 aromatic carbocycles. The van der Waals surface area contributed by atoms with E-state index in [1.807, 2.05) is 0 Å². The van der Waals surface area contributed by atoms with E-state index in [0.29, 0.717) is 5.52 Å². The van der Waals surface area contributed by atoms with E-state index in [-0.39, 0.29) is 18.0 Å². The average molecular weight is 187 g/mol. The summed E-state index contributed by atoms with van der Waals surface area (Å²) in [7, 11) is 0. The molecule has 0 aliphatic rings. The van der Waals surface area contributed by atoms with Gasteiger partial charge in [0.05, 0.1) is 6.20 Å². The fourth-order valence-electron chi connectivity index (χ4n) is 0.912. The third-order valence-corrected chi connectivity index (χ3v) is 1.85. The molecule has 0 amide bonds. The van der Waals surface area contributed by atoms with E-state index in [2.05, 4.69) is 9.97 Å². The first kappa shape index (κ1) is 7.48. The van der Waals surface area contributed by atoms with Crippen molar-refractivity contribution >= 4 is 23.5 Å². The molecule has 3 nitrogen and oxygen atoms in total. The van der Waals surface area contributed by atoms with Crippen molar-refractivity contribution in [2.75, 3.05) is 0 Å². The SMILES string of the molecule is FSn1ccc2ncc(F)nc21. The van der Waals surface area contributed by atoms with Crippen molar-refractivity contribution < 1.29 is 8.28 Å². The van der Waals surface area contributed by atoms with E-state index in [4.69, 9.17) is 0 Å². The molecule has 0 aliphatic heterocycles. The Bertz CT molecular complexity index is 414. The Labute approximate surface area is 70.9 Å². The summed E-state index contributed by atoms with van der Waals surface area (Å²) >= 11 is -0.0388. The zero-order valence-corrected chi connectivity index (χ0v) is 6.55. The molecule has 2 rings (SSSR count). The van der Waals surface area contributed by atoms with Gasteiger partial charge < -0.3 is 0 Å².